The van der Waals surface area contributed by atoms with E-state index < -0.39 is 10.8 Å². The maximum atomic E-state index is 5.96. The van der Waals surface area contributed by atoms with Crippen LogP contribution >= 0.6 is 0 Å². The molecule has 2 spiro atoms. The van der Waals surface area contributed by atoms with Crippen molar-refractivity contribution in [1.29, 1.82) is 0 Å². The number of hydrogen-bond donors (Lipinski definition) is 0. The van der Waals surface area contributed by atoms with Crippen molar-refractivity contribution >= 4 is 335 Å². The van der Waals surface area contributed by atoms with Crippen LogP contribution in [0.2, 0.25) is 0 Å². The van der Waals surface area contributed by atoms with Gasteiger partial charge in [-0.2, -0.15) is 0 Å². The van der Waals surface area contributed by atoms with Crippen molar-refractivity contribution in [3.63, 3.8) is 0 Å². The van der Waals surface area contributed by atoms with E-state index in [0.29, 0.717) is 45.9 Å². The molecule has 42 rings (SSSR count). The maximum absolute atomic E-state index is 5.96. The van der Waals surface area contributed by atoms with E-state index in [1.807, 2.05) is 0 Å². The largest absolute Gasteiger partial charge is 2.00 e. The molecule has 3 aromatic heterocycles. The van der Waals surface area contributed by atoms with Crippen LogP contribution in [0, 0.1) is 0 Å². The third kappa shape index (κ3) is 3.96. The fourth-order valence-corrected chi connectivity index (χ4v) is 33.4. The fraction of sp³-hybridized carbons (Fsp3) is 0.159. The van der Waals surface area contributed by atoms with Crippen LogP contribution in [0.5, 0.6) is 0 Å². The van der Waals surface area contributed by atoms with Gasteiger partial charge in [-0.3, -0.25) is 4.90 Å². The van der Waals surface area contributed by atoms with Gasteiger partial charge in [0.2, 0.25) is 0 Å². The van der Waals surface area contributed by atoms with Crippen LogP contribution < -0.4 is 9.97 Å². The van der Waals surface area contributed by atoms with Gasteiger partial charge in [0.25, 0.3) is 0 Å². The van der Waals surface area contributed by atoms with Crippen LogP contribution in [0.1, 0.15) is 113 Å². The summed E-state index contributed by atoms with van der Waals surface area (Å²) in [6, 6.07) is 27.2. The molecule has 3 aliphatic heterocycles. The quantitative estimate of drug-likeness (QED) is 0.117. The number of likely N-dealkylation sites (tertiary alicyclic amines) is 1. The van der Waals surface area contributed by atoms with E-state index in [1.54, 1.807) is 313 Å². The molecule has 4 aliphatic carbocycles. The molecule has 10 heteroatoms. The Balaban J connectivity index is 0.00000594. The Morgan fingerprint density at radius 1 is 0.282 bits per heavy atom. The van der Waals surface area contributed by atoms with E-state index in [0.717, 1.165) is 67.0 Å². The number of rotatable bonds is 1. The summed E-state index contributed by atoms with van der Waals surface area (Å²) in [5.41, 5.74) is 15.7. The number of nitrogens with zero attached hydrogens (tertiary/aromatic N) is 9. The zero-order chi connectivity index (χ0) is 73.5. The van der Waals surface area contributed by atoms with Crippen LogP contribution in [0.3, 0.4) is 0 Å². The number of fused-ring (bicyclic) bond motifs is 20. The molecule has 35 aromatic rings. The Labute approximate surface area is 663 Å². The average molecular weight is 1520 g/mol. The summed E-state index contributed by atoms with van der Waals surface area (Å²) < 4.78 is 0. The molecule has 9 nitrogen and oxygen atoms in total. The van der Waals surface area contributed by atoms with Crippen molar-refractivity contribution in [3.8, 4) is 45.6 Å². The number of aromatic nitrogens is 8. The first-order valence-corrected chi connectivity index (χ1v) is 42.3. The first-order valence-electron chi connectivity index (χ1n) is 42.3. The van der Waals surface area contributed by atoms with E-state index in [9.17, 15) is 0 Å². The van der Waals surface area contributed by atoms with Gasteiger partial charge in [0.1, 0.15) is 0 Å². The molecule has 529 valence electrons. The second kappa shape index (κ2) is 13.9. The Hall–Kier alpha value is -12.8. The standard InChI is InChI=1S/C107H45N9.Cu/c1-103(2,3)30-17-11-14-26-33(30)100-111-96(26)108-95-25-21-20-24(22-29(25)99(109-95)110-97-27-15-12-18-31(104(4,5)6)34(27)101(112-97)115-102-35-28(98(113-100)114-102)16-13-19-32(35)105(7,8)9)94-107-92-85-77-65-57-48-39-37-36-38-42(39)51-58-56-47(38)49-45-40(36)43-44-41(37)46-50(48)63(65)71-69-55(46)53(44)61-60-52(43)54(45)68-70-62(49)64(56)76-78-66(58)67(59(51)57)79(77)88(92)87(78)90-83(76)81(70)84-74(68)72(60)80-73(61)75(69)86(82(71)85)93(107)89(80)91(84)106(90,107)23-116(94)10;/h11-22,94H,23H2,1-10H3;/q-2;+2. The topological polar surface area (TPSA) is 109 Å². The van der Waals surface area contributed by atoms with Crippen LogP contribution in [0.4, 0.5) is 0 Å². The molecule has 0 saturated carbocycles. The van der Waals surface area contributed by atoms with Gasteiger partial charge in [-0.1, -0.05) is 129 Å². The van der Waals surface area contributed by atoms with Crippen molar-refractivity contribution < 1.29 is 17.1 Å². The van der Waals surface area contributed by atoms with Crippen LogP contribution in [-0.2, 0) is 44.1 Å². The summed E-state index contributed by atoms with van der Waals surface area (Å²) in [7, 11) is 2.57. The summed E-state index contributed by atoms with van der Waals surface area (Å²) in [6.07, 6.45) is 0. The molecule has 8 bridgehead atoms. The second-order valence-electron chi connectivity index (χ2n) is 42.0. The molecule has 0 amide bonds. The van der Waals surface area contributed by atoms with E-state index in [2.05, 4.69) is 147 Å². The minimum Gasteiger partial charge on any atom is -0.357 e. The van der Waals surface area contributed by atoms with Gasteiger partial charge in [0, 0.05) is 57.4 Å². The molecule has 1 fully saturated rings. The Morgan fingerprint density at radius 2 is 0.573 bits per heavy atom. The molecule has 3 atom stereocenters. The number of benzene rings is 21. The Bertz CT molecular complexity index is 11100. The van der Waals surface area contributed by atoms with Crippen LogP contribution in [0.25, 0.3) is 381 Å². The molecule has 1 radical (unpaired) electrons. The second-order valence-corrected chi connectivity index (χ2v) is 42.0. The third-order valence-corrected chi connectivity index (χ3v) is 35.4. The van der Waals surface area contributed by atoms with Crippen molar-refractivity contribution in [3.05, 3.63) is 117 Å². The first-order chi connectivity index (χ1) is 56.5. The molecular weight excluding hydrogens is 1470 g/mol. The summed E-state index contributed by atoms with van der Waals surface area (Å²) in [4.78, 5) is 48.8. The Kier molecular flexibility index (Phi) is 6.44. The van der Waals surface area contributed by atoms with E-state index in [4.69, 9.17) is 39.9 Å². The predicted octanol–water partition coefficient (Wildman–Crippen LogP) is 26.3. The van der Waals surface area contributed by atoms with Gasteiger partial charge in [0.05, 0.1) is 34.1 Å². The zero-order valence-electron chi connectivity index (χ0n) is 64.0. The normalized spacial score (nSPS) is 19.7. The van der Waals surface area contributed by atoms with Gasteiger partial charge >= 0.3 is 17.1 Å². The van der Waals surface area contributed by atoms with E-state index in [1.165, 1.54) is 5.56 Å². The molecule has 3 unspecified atom stereocenters. The zero-order valence-corrected chi connectivity index (χ0v) is 65.0. The van der Waals surface area contributed by atoms with Gasteiger partial charge in [-0.25, -0.2) is 9.97 Å². The number of hydrogen-bond acceptors (Lipinski definition) is 7. The summed E-state index contributed by atoms with van der Waals surface area (Å²) >= 11 is 0. The third-order valence-electron chi connectivity index (χ3n) is 35.4. The predicted molar refractivity (Wildman–Crippen MR) is 479 cm³/mol. The smallest absolute Gasteiger partial charge is 0.357 e. The summed E-state index contributed by atoms with van der Waals surface area (Å²) in [5.74, 6) is 2.34. The monoisotopic (exact) mass is 1520 g/mol. The van der Waals surface area contributed by atoms with Gasteiger partial charge in [-0.15, -0.1) is 0 Å². The minimum atomic E-state index is -0.588. The fourth-order valence-electron chi connectivity index (χ4n) is 33.4. The van der Waals surface area contributed by atoms with Crippen LogP contribution in [-0.4, -0.2) is 48.4 Å². The van der Waals surface area contributed by atoms with Gasteiger partial charge < -0.3 is 29.9 Å². The van der Waals surface area contributed by atoms with Crippen LogP contribution in [0.15, 0.2) is 72.8 Å². The molecule has 0 N–H and O–H groups in total. The van der Waals surface area contributed by atoms with Gasteiger partial charge in [-0.05, 0) is 386 Å². The first kappa shape index (κ1) is 54.1. The summed E-state index contributed by atoms with van der Waals surface area (Å²) in [5, 5.41) is 91.0. The van der Waals surface area contributed by atoms with E-state index in [-0.39, 0.29) is 39.4 Å². The molecule has 7 aliphatic rings. The minimum absolute atomic E-state index is 0. The average Bonchev–Trinajstić information content (AvgIpc) is 1.38. The Morgan fingerprint density at radius 3 is 0.983 bits per heavy atom. The number of likely N-dealkylation sites (N-methyl/N-ethyl adjacent to an activating group) is 1. The van der Waals surface area contributed by atoms with Gasteiger partial charge in [0.15, 0.2) is 0 Å². The molecule has 32 aromatic carbocycles. The van der Waals surface area contributed by atoms with E-state index >= 15 is 0 Å². The van der Waals surface area contributed by atoms with Crippen molar-refractivity contribution in [2.24, 2.45) is 0 Å². The van der Waals surface area contributed by atoms with Crippen molar-refractivity contribution in [2.45, 2.75) is 95.4 Å². The molecular formula is C107H45CuN9. The maximum Gasteiger partial charge on any atom is 2.00 e. The molecule has 6 heterocycles. The van der Waals surface area contributed by atoms with Crippen molar-refractivity contribution in [2.75, 3.05) is 13.6 Å². The summed E-state index contributed by atoms with van der Waals surface area (Å²) in [6.45, 7) is 21.5. The molecule has 117 heavy (non-hydrogen) atoms. The molecule has 1 saturated heterocycles. The SMILES string of the molecule is CN1CC23c4c5c6c7c8c9c(c%10c%11c2c2c%12c4c4c%13c5c5c7c7c8c8c%14c9c%10c9c%10c%11c2c2c%11c%12c4c4c%12c%13c5c5c7c7c8c8c%14c9c9c%10c2c2c%11c4c4c%12c5c7c5c8c9c2c45)C63C1c1ccc2c(c1)-c1nc-2nc2[n-]c(nc3nc(nc4[n-]c(n1)c1cccc(C(C)(C)C)c41)-c1c-3cccc1C(C)(C)C)c1c(C(C)(C)C)cccc21.[Cu+2]. The van der Waals surface area contributed by atoms with Crippen molar-refractivity contribution in [1.82, 2.24) is 44.8 Å².